The van der Waals surface area contributed by atoms with Crippen LogP contribution in [0, 0.1) is 6.92 Å². The second-order valence-electron chi connectivity index (χ2n) is 4.74. The van der Waals surface area contributed by atoms with Crippen LogP contribution in [0.25, 0.3) is 5.69 Å². The van der Waals surface area contributed by atoms with Crippen molar-refractivity contribution >= 4 is 11.6 Å². The normalized spacial score (nSPS) is 10.6. The van der Waals surface area contributed by atoms with Crippen molar-refractivity contribution in [1.29, 1.82) is 0 Å². The topological polar surface area (TPSA) is 90.5 Å². The van der Waals surface area contributed by atoms with Gasteiger partial charge in [0, 0.05) is 12.2 Å². The molecule has 0 fully saturated rings. The number of nitrogens with one attached hydrogen (secondary N) is 1. The summed E-state index contributed by atoms with van der Waals surface area (Å²) in [5.41, 5.74) is 2.88. The van der Waals surface area contributed by atoms with E-state index in [0.717, 1.165) is 11.4 Å². The first-order valence-electron chi connectivity index (χ1n) is 6.86. The van der Waals surface area contributed by atoms with Crippen molar-refractivity contribution in [2.75, 3.05) is 5.32 Å². The van der Waals surface area contributed by atoms with Gasteiger partial charge in [-0.05, 0) is 54.6 Å². The van der Waals surface area contributed by atoms with E-state index in [1.54, 1.807) is 27.6 Å². The molecule has 1 amide bonds. The lowest BCUT2D eigenvalue weighted by Gasteiger charge is -2.07. The van der Waals surface area contributed by atoms with Crippen molar-refractivity contribution in [3.8, 4) is 5.69 Å². The fourth-order valence-electron chi connectivity index (χ4n) is 2.14. The van der Waals surface area contributed by atoms with Crippen LogP contribution in [0.3, 0.4) is 0 Å². The van der Waals surface area contributed by atoms with Gasteiger partial charge in [0.2, 0.25) is 0 Å². The van der Waals surface area contributed by atoms with Crippen molar-refractivity contribution in [2.45, 2.75) is 20.4 Å². The average Bonchev–Trinajstić information content (AvgIpc) is 3.17. The smallest absolute Gasteiger partial charge is 0.273 e. The summed E-state index contributed by atoms with van der Waals surface area (Å²) in [4.78, 5) is 12.3. The van der Waals surface area contributed by atoms with Crippen molar-refractivity contribution in [3.63, 3.8) is 0 Å². The molecule has 0 saturated heterocycles. The van der Waals surface area contributed by atoms with Crippen LogP contribution in [-0.2, 0) is 6.54 Å². The summed E-state index contributed by atoms with van der Waals surface area (Å²) in [6.07, 6.45) is 1.51. The van der Waals surface area contributed by atoms with Crippen molar-refractivity contribution < 1.29 is 4.79 Å². The average molecular weight is 297 g/mol. The third kappa shape index (κ3) is 2.71. The highest BCUT2D eigenvalue weighted by Crippen LogP contribution is 2.14. The number of carbonyl (C=O) groups excluding carboxylic acids is 1. The highest BCUT2D eigenvalue weighted by molar-refractivity contribution is 6.03. The maximum absolute atomic E-state index is 12.3. The summed E-state index contributed by atoms with van der Waals surface area (Å²) < 4.78 is 3.22. The summed E-state index contributed by atoms with van der Waals surface area (Å²) in [6, 6.07) is 9.03. The van der Waals surface area contributed by atoms with Gasteiger partial charge in [-0.15, -0.1) is 5.10 Å². The van der Waals surface area contributed by atoms with E-state index in [2.05, 4.69) is 25.9 Å². The lowest BCUT2D eigenvalue weighted by molar-refractivity contribution is 0.101. The van der Waals surface area contributed by atoms with Gasteiger partial charge in [0.1, 0.15) is 12.0 Å². The molecule has 0 bridgehead atoms. The molecule has 8 heteroatoms. The molecule has 3 rings (SSSR count). The molecule has 1 N–H and O–H groups in total. The van der Waals surface area contributed by atoms with Crippen LogP contribution in [-0.4, -0.2) is 35.9 Å². The fourth-order valence-corrected chi connectivity index (χ4v) is 2.14. The van der Waals surface area contributed by atoms with Crippen LogP contribution in [0.1, 0.15) is 23.1 Å². The number of benzene rings is 1. The summed E-state index contributed by atoms with van der Waals surface area (Å²) in [7, 11) is 0. The van der Waals surface area contributed by atoms with Gasteiger partial charge >= 0.3 is 0 Å². The standard InChI is InChI=1S/C14H15N7O/c1-3-20-13(8-10(2)17-20)14(22)16-11-4-6-12(7-5-11)21-9-15-18-19-21/h4-9H,3H2,1-2H3,(H,16,22). The van der Waals surface area contributed by atoms with E-state index < -0.39 is 0 Å². The van der Waals surface area contributed by atoms with E-state index in [1.807, 2.05) is 26.0 Å². The Balaban J connectivity index is 1.76. The maximum Gasteiger partial charge on any atom is 0.273 e. The van der Waals surface area contributed by atoms with Gasteiger partial charge in [-0.1, -0.05) is 0 Å². The van der Waals surface area contributed by atoms with Gasteiger partial charge in [-0.3, -0.25) is 9.48 Å². The molecular formula is C14H15N7O. The predicted octanol–water partition coefficient (Wildman–Crippen LogP) is 1.44. The number of nitrogens with zero attached hydrogens (tertiary/aromatic N) is 6. The van der Waals surface area contributed by atoms with Gasteiger partial charge in [0.05, 0.1) is 11.4 Å². The Hall–Kier alpha value is -3.03. The maximum atomic E-state index is 12.3. The first-order chi connectivity index (χ1) is 10.7. The van der Waals surface area contributed by atoms with E-state index >= 15 is 0 Å². The van der Waals surface area contributed by atoms with Crippen LogP contribution in [0.15, 0.2) is 36.7 Å². The molecule has 0 spiro atoms. The number of aromatic nitrogens is 6. The summed E-state index contributed by atoms with van der Waals surface area (Å²) in [5, 5.41) is 18.1. The second-order valence-corrected chi connectivity index (χ2v) is 4.74. The number of aryl methyl sites for hydroxylation is 2. The molecule has 0 radical (unpaired) electrons. The Kier molecular flexibility index (Phi) is 3.65. The molecular weight excluding hydrogens is 282 g/mol. The number of rotatable bonds is 4. The SMILES string of the molecule is CCn1nc(C)cc1C(=O)Nc1ccc(-n2cnnn2)cc1. The Bertz CT molecular complexity index is 774. The Morgan fingerprint density at radius 1 is 1.27 bits per heavy atom. The lowest BCUT2D eigenvalue weighted by atomic mass is 10.2. The van der Waals surface area contributed by atoms with E-state index in [4.69, 9.17) is 0 Å². The molecule has 0 aliphatic rings. The molecule has 0 saturated carbocycles. The molecule has 0 aliphatic heterocycles. The Morgan fingerprint density at radius 2 is 2.05 bits per heavy atom. The first kappa shape index (κ1) is 13.9. The largest absolute Gasteiger partial charge is 0.321 e. The van der Waals surface area contributed by atoms with Gasteiger partial charge in [0.25, 0.3) is 5.91 Å². The van der Waals surface area contributed by atoms with Crippen molar-refractivity contribution in [3.05, 3.63) is 48.0 Å². The van der Waals surface area contributed by atoms with Crippen LogP contribution in [0.5, 0.6) is 0 Å². The summed E-state index contributed by atoms with van der Waals surface area (Å²) in [6.45, 7) is 4.46. The monoisotopic (exact) mass is 297 g/mol. The minimum atomic E-state index is -0.183. The molecule has 0 aliphatic carbocycles. The van der Waals surface area contributed by atoms with E-state index in [0.29, 0.717) is 17.9 Å². The molecule has 22 heavy (non-hydrogen) atoms. The number of amides is 1. The Morgan fingerprint density at radius 3 is 2.68 bits per heavy atom. The number of hydrogen-bond acceptors (Lipinski definition) is 5. The second kappa shape index (κ2) is 5.76. The van der Waals surface area contributed by atoms with Crippen LogP contribution >= 0.6 is 0 Å². The van der Waals surface area contributed by atoms with Crippen LogP contribution in [0.4, 0.5) is 5.69 Å². The molecule has 2 heterocycles. The number of hydrogen-bond donors (Lipinski definition) is 1. The predicted molar refractivity (Wildman–Crippen MR) is 79.7 cm³/mol. The molecule has 8 nitrogen and oxygen atoms in total. The summed E-state index contributed by atoms with van der Waals surface area (Å²) in [5.74, 6) is -0.183. The minimum Gasteiger partial charge on any atom is -0.321 e. The number of anilines is 1. The van der Waals surface area contributed by atoms with Gasteiger partial charge in [-0.2, -0.15) is 5.10 Å². The molecule has 3 aromatic rings. The fraction of sp³-hybridized carbons (Fsp3) is 0.214. The van der Waals surface area contributed by atoms with E-state index in [9.17, 15) is 4.79 Å². The van der Waals surface area contributed by atoms with Crippen molar-refractivity contribution in [2.24, 2.45) is 0 Å². The molecule has 0 atom stereocenters. The third-order valence-corrected chi connectivity index (χ3v) is 3.17. The van der Waals surface area contributed by atoms with Gasteiger partial charge in [-0.25, -0.2) is 4.68 Å². The first-order valence-corrected chi connectivity index (χ1v) is 6.86. The molecule has 2 aromatic heterocycles. The van der Waals surface area contributed by atoms with E-state index in [-0.39, 0.29) is 5.91 Å². The molecule has 112 valence electrons. The Labute approximate surface area is 126 Å². The molecule has 0 unspecified atom stereocenters. The lowest BCUT2D eigenvalue weighted by Crippen LogP contribution is -2.17. The zero-order valence-corrected chi connectivity index (χ0v) is 12.3. The van der Waals surface area contributed by atoms with Gasteiger partial charge in [0.15, 0.2) is 0 Å². The number of carbonyl (C=O) groups is 1. The van der Waals surface area contributed by atoms with Crippen LogP contribution in [0.2, 0.25) is 0 Å². The van der Waals surface area contributed by atoms with E-state index in [1.165, 1.54) is 6.33 Å². The third-order valence-electron chi connectivity index (χ3n) is 3.17. The highest BCUT2D eigenvalue weighted by atomic mass is 16.2. The van der Waals surface area contributed by atoms with Crippen LogP contribution < -0.4 is 5.32 Å². The van der Waals surface area contributed by atoms with Crippen molar-refractivity contribution in [1.82, 2.24) is 30.0 Å². The zero-order chi connectivity index (χ0) is 15.5. The number of tetrazole rings is 1. The van der Waals surface area contributed by atoms with Gasteiger partial charge < -0.3 is 5.32 Å². The highest BCUT2D eigenvalue weighted by Gasteiger charge is 2.13. The quantitative estimate of drug-likeness (QED) is 0.787. The zero-order valence-electron chi connectivity index (χ0n) is 12.3. The minimum absolute atomic E-state index is 0.183. The summed E-state index contributed by atoms with van der Waals surface area (Å²) >= 11 is 0. The molecule has 1 aromatic carbocycles.